The molecule has 6 amide bonds. The topological polar surface area (TPSA) is 138 Å². The molecule has 0 radical (unpaired) electrons. The van der Waals surface area contributed by atoms with E-state index in [9.17, 15) is 24.0 Å². The van der Waals surface area contributed by atoms with Crippen LogP contribution in [0, 0.1) is 0 Å². The molecule has 2 aromatic carbocycles. The predicted molar refractivity (Wildman–Crippen MR) is 166 cm³/mol. The molecule has 0 aromatic heterocycles. The summed E-state index contributed by atoms with van der Waals surface area (Å²) in [7, 11) is 1.45. The first-order valence-electron chi connectivity index (χ1n) is 15.0. The van der Waals surface area contributed by atoms with Gasteiger partial charge in [-0.1, -0.05) is 60.7 Å². The van der Waals surface area contributed by atoms with E-state index in [1.807, 2.05) is 60.7 Å². The zero-order valence-corrected chi connectivity index (χ0v) is 26.8. The maximum absolute atomic E-state index is 14.2. The van der Waals surface area contributed by atoms with Gasteiger partial charge < -0.3 is 29.9 Å². The molecule has 0 unspecified atom stereocenters. The number of piperazine rings is 1. The summed E-state index contributed by atoms with van der Waals surface area (Å²) < 4.78 is 11.2. The van der Waals surface area contributed by atoms with Crippen LogP contribution >= 0.6 is 0 Å². The summed E-state index contributed by atoms with van der Waals surface area (Å²) in [6.45, 7) is 8.42. The molecule has 2 saturated heterocycles. The predicted octanol–water partition coefficient (Wildman–Crippen LogP) is 2.71. The van der Waals surface area contributed by atoms with E-state index in [-0.39, 0.29) is 39.3 Å². The van der Waals surface area contributed by atoms with Crippen molar-refractivity contribution in [1.82, 2.24) is 25.3 Å². The van der Waals surface area contributed by atoms with Crippen molar-refractivity contribution in [2.24, 2.45) is 0 Å². The molecule has 2 fully saturated rings. The number of amides is 6. The van der Waals surface area contributed by atoms with Gasteiger partial charge in [0.05, 0.1) is 19.8 Å². The maximum atomic E-state index is 14.2. The Kier molecular flexibility index (Phi) is 9.86. The van der Waals surface area contributed by atoms with Crippen LogP contribution in [0.5, 0.6) is 0 Å². The van der Waals surface area contributed by atoms with Crippen LogP contribution in [-0.4, -0.2) is 101 Å². The first-order chi connectivity index (χ1) is 21.1. The molecule has 45 heavy (non-hydrogen) atoms. The molecule has 2 aliphatic rings. The smallest absolute Gasteiger partial charge is 0.408 e. The molecule has 242 valence electrons. The highest BCUT2D eigenvalue weighted by atomic mass is 16.6. The standard InChI is InChI=1S/C33H43N5O7/c1-31(2,3)45-29(42)35-32(4,5)27(40)34-25(21-44-20-24-15-11-8-12-16-24)26(39)37-17-18-38-30(43)36(6)28(41)33(38,22-37)19-23-13-9-7-10-14-23/h7-16,25H,17-22H2,1-6H3,(H,34,40)(H,35,42)/t25-,33+/m1/s1. The normalized spacial score (nSPS) is 19.2. The van der Waals surface area contributed by atoms with Gasteiger partial charge in [0.25, 0.3) is 5.91 Å². The van der Waals surface area contributed by atoms with Gasteiger partial charge in [-0.05, 0) is 45.7 Å². The van der Waals surface area contributed by atoms with Crippen molar-refractivity contribution >= 4 is 29.8 Å². The molecule has 0 saturated carbocycles. The van der Waals surface area contributed by atoms with Crippen LogP contribution < -0.4 is 10.6 Å². The van der Waals surface area contributed by atoms with Crippen LogP contribution in [0.25, 0.3) is 0 Å². The molecule has 4 rings (SSSR count). The number of benzene rings is 2. The van der Waals surface area contributed by atoms with Gasteiger partial charge in [0.1, 0.15) is 22.7 Å². The van der Waals surface area contributed by atoms with Crippen molar-refractivity contribution in [3.05, 3.63) is 71.8 Å². The number of rotatable bonds is 10. The monoisotopic (exact) mass is 621 g/mol. The number of carbonyl (C=O) groups excluding carboxylic acids is 5. The molecule has 2 aliphatic heterocycles. The number of alkyl carbamates (subject to hydrolysis) is 1. The van der Waals surface area contributed by atoms with E-state index >= 15 is 0 Å². The van der Waals surface area contributed by atoms with Gasteiger partial charge in [0.2, 0.25) is 11.8 Å². The van der Waals surface area contributed by atoms with Crippen molar-refractivity contribution in [2.45, 2.75) is 70.4 Å². The molecular formula is C33H43N5O7. The van der Waals surface area contributed by atoms with Gasteiger partial charge in [-0.15, -0.1) is 0 Å². The number of likely N-dealkylation sites (N-methyl/N-ethyl adjacent to an activating group) is 1. The van der Waals surface area contributed by atoms with Crippen LogP contribution in [0.4, 0.5) is 9.59 Å². The molecule has 12 heteroatoms. The summed E-state index contributed by atoms with van der Waals surface area (Å²) in [4.78, 5) is 71.0. The van der Waals surface area contributed by atoms with E-state index in [0.717, 1.165) is 16.0 Å². The fourth-order valence-corrected chi connectivity index (χ4v) is 5.52. The lowest BCUT2D eigenvalue weighted by Crippen LogP contribution is -2.67. The number of nitrogens with one attached hydrogen (secondary N) is 2. The van der Waals surface area contributed by atoms with Gasteiger partial charge >= 0.3 is 12.1 Å². The van der Waals surface area contributed by atoms with Crippen LogP contribution in [0.15, 0.2) is 60.7 Å². The lowest BCUT2D eigenvalue weighted by molar-refractivity contribution is -0.146. The number of hydrogen-bond donors (Lipinski definition) is 2. The number of carbonyl (C=O) groups is 5. The highest BCUT2D eigenvalue weighted by molar-refractivity contribution is 6.07. The Hall–Kier alpha value is -4.45. The molecule has 2 atom stereocenters. The Balaban J connectivity index is 1.56. The zero-order chi connectivity index (χ0) is 33.0. The van der Waals surface area contributed by atoms with Gasteiger partial charge in [-0.25, -0.2) is 9.59 Å². The highest BCUT2D eigenvalue weighted by Gasteiger charge is 2.59. The molecule has 2 N–H and O–H groups in total. The Bertz CT molecular complexity index is 1410. The van der Waals surface area contributed by atoms with Gasteiger partial charge in [-0.3, -0.25) is 19.3 Å². The molecular weight excluding hydrogens is 578 g/mol. The third-order valence-electron chi connectivity index (χ3n) is 7.81. The third kappa shape index (κ3) is 7.80. The number of ether oxygens (including phenoxy) is 2. The number of hydrogen-bond acceptors (Lipinski definition) is 7. The fraction of sp³-hybridized carbons (Fsp3) is 0.485. The summed E-state index contributed by atoms with van der Waals surface area (Å²) in [5.41, 5.74) is -1.78. The summed E-state index contributed by atoms with van der Waals surface area (Å²) in [6.07, 6.45) is -0.556. The summed E-state index contributed by atoms with van der Waals surface area (Å²) in [5.74, 6) is -1.48. The molecule has 2 heterocycles. The minimum Gasteiger partial charge on any atom is -0.444 e. The van der Waals surface area contributed by atoms with E-state index < -0.39 is 52.6 Å². The molecule has 0 aliphatic carbocycles. The van der Waals surface area contributed by atoms with E-state index in [1.165, 1.54) is 25.8 Å². The number of urea groups is 1. The average molecular weight is 622 g/mol. The van der Waals surface area contributed by atoms with Crippen molar-refractivity contribution in [2.75, 3.05) is 33.3 Å². The lowest BCUT2D eigenvalue weighted by atomic mass is 9.86. The number of imide groups is 1. The van der Waals surface area contributed by atoms with Crippen LogP contribution in [0.2, 0.25) is 0 Å². The third-order valence-corrected chi connectivity index (χ3v) is 7.81. The van der Waals surface area contributed by atoms with Gasteiger partial charge in [0.15, 0.2) is 0 Å². The molecule has 0 spiro atoms. The second kappa shape index (κ2) is 13.3. The van der Waals surface area contributed by atoms with Crippen molar-refractivity contribution in [3.63, 3.8) is 0 Å². The minimum absolute atomic E-state index is 0.0553. The Morgan fingerprint density at radius 2 is 1.51 bits per heavy atom. The first kappa shape index (κ1) is 33.4. The minimum atomic E-state index is -1.44. The number of fused-ring (bicyclic) bond motifs is 1. The lowest BCUT2D eigenvalue weighted by Gasteiger charge is -2.45. The highest BCUT2D eigenvalue weighted by Crippen LogP contribution is 2.34. The molecule has 12 nitrogen and oxygen atoms in total. The Morgan fingerprint density at radius 3 is 2.11 bits per heavy atom. The molecule has 2 aromatic rings. The largest absolute Gasteiger partial charge is 0.444 e. The number of nitrogens with zero attached hydrogens (tertiary/aromatic N) is 3. The van der Waals surface area contributed by atoms with E-state index in [1.54, 1.807) is 25.7 Å². The Labute approximate surface area is 264 Å². The second-order valence-corrected chi connectivity index (χ2v) is 13.0. The van der Waals surface area contributed by atoms with Crippen molar-refractivity contribution < 1.29 is 33.4 Å². The van der Waals surface area contributed by atoms with Gasteiger partial charge in [0, 0.05) is 26.6 Å². The Morgan fingerprint density at radius 1 is 0.911 bits per heavy atom. The summed E-state index contributed by atoms with van der Waals surface area (Å²) >= 11 is 0. The maximum Gasteiger partial charge on any atom is 0.408 e. The quantitative estimate of drug-likeness (QED) is 0.389. The van der Waals surface area contributed by atoms with Crippen LogP contribution in [0.1, 0.15) is 45.7 Å². The fourth-order valence-electron chi connectivity index (χ4n) is 5.52. The van der Waals surface area contributed by atoms with Crippen LogP contribution in [-0.2, 0) is 36.9 Å². The van der Waals surface area contributed by atoms with Gasteiger partial charge in [-0.2, -0.15) is 0 Å². The SMILES string of the molecule is CN1C(=O)N2CCN(C(=O)[C@@H](COCc3ccccc3)NC(=O)C(C)(C)NC(=O)OC(C)(C)C)C[C@@]2(Cc2ccccc2)C1=O. The van der Waals surface area contributed by atoms with E-state index in [2.05, 4.69) is 10.6 Å². The average Bonchev–Trinajstić information content (AvgIpc) is 3.16. The van der Waals surface area contributed by atoms with E-state index in [0.29, 0.717) is 0 Å². The summed E-state index contributed by atoms with van der Waals surface area (Å²) in [6, 6.07) is 17.2. The van der Waals surface area contributed by atoms with Crippen molar-refractivity contribution in [3.8, 4) is 0 Å². The zero-order valence-electron chi connectivity index (χ0n) is 26.8. The van der Waals surface area contributed by atoms with E-state index in [4.69, 9.17) is 9.47 Å². The van der Waals surface area contributed by atoms with Crippen LogP contribution in [0.3, 0.4) is 0 Å². The second-order valence-electron chi connectivity index (χ2n) is 13.0. The summed E-state index contributed by atoms with van der Waals surface area (Å²) in [5, 5.41) is 5.32. The van der Waals surface area contributed by atoms with Crippen molar-refractivity contribution in [1.29, 1.82) is 0 Å². The molecule has 0 bridgehead atoms. The first-order valence-corrected chi connectivity index (χ1v) is 15.0.